The summed E-state index contributed by atoms with van der Waals surface area (Å²) in [5.41, 5.74) is 3.86. The van der Waals surface area contributed by atoms with E-state index < -0.39 is 24.1 Å². The Bertz CT molecular complexity index is 613. The molecule has 0 spiro atoms. The maximum Gasteiger partial charge on any atom is 0.418 e. The molecule has 3 amide bonds. The lowest BCUT2D eigenvalue weighted by Crippen LogP contribution is -2.53. The molecule has 0 unspecified atom stereocenters. The predicted octanol–water partition coefficient (Wildman–Crippen LogP) is 0.702. The fourth-order valence-corrected chi connectivity index (χ4v) is 2.85. The van der Waals surface area contributed by atoms with Gasteiger partial charge in [0.1, 0.15) is 6.04 Å². The number of hydrogen-bond donors (Lipinski definition) is 1. The van der Waals surface area contributed by atoms with Crippen LogP contribution in [0.3, 0.4) is 0 Å². The summed E-state index contributed by atoms with van der Waals surface area (Å²) >= 11 is 0. The maximum absolute atomic E-state index is 12.8. The number of carbonyl (C=O) groups excluding carboxylic acids is 3. The van der Waals surface area contributed by atoms with Crippen molar-refractivity contribution in [1.82, 2.24) is 15.3 Å². The molecule has 1 aromatic rings. The zero-order chi connectivity index (χ0) is 16.4. The normalized spacial score (nSPS) is 22.4. The van der Waals surface area contributed by atoms with Gasteiger partial charge >= 0.3 is 6.09 Å². The number of carbonyl (C=O) groups is 3. The van der Waals surface area contributed by atoms with Gasteiger partial charge < -0.3 is 4.74 Å². The lowest BCUT2D eigenvalue weighted by Gasteiger charge is -2.27. The first-order valence-corrected chi connectivity index (χ1v) is 7.70. The lowest BCUT2D eigenvalue weighted by molar-refractivity contribution is -0.143. The molecule has 2 aliphatic rings. The Morgan fingerprint density at radius 3 is 2.65 bits per heavy atom. The van der Waals surface area contributed by atoms with Gasteiger partial charge in [-0.25, -0.2) is 15.1 Å². The van der Waals surface area contributed by atoms with Crippen molar-refractivity contribution < 1.29 is 19.1 Å². The third-order valence-electron chi connectivity index (χ3n) is 4.06. The summed E-state index contributed by atoms with van der Waals surface area (Å²) in [5.74, 6) is -0.755. The maximum atomic E-state index is 12.8. The van der Waals surface area contributed by atoms with Crippen molar-refractivity contribution in [2.45, 2.75) is 31.9 Å². The van der Waals surface area contributed by atoms with Crippen molar-refractivity contribution in [3.8, 4) is 0 Å². The minimum Gasteiger partial charge on any atom is -0.436 e. The topological polar surface area (TPSA) is 79.0 Å². The van der Waals surface area contributed by atoms with Crippen LogP contribution >= 0.6 is 0 Å². The van der Waals surface area contributed by atoms with Crippen molar-refractivity contribution in [2.24, 2.45) is 0 Å². The summed E-state index contributed by atoms with van der Waals surface area (Å²) in [6.45, 7) is 2.79. The molecule has 0 saturated carbocycles. The van der Waals surface area contributed by atoms with Crippen molar-refractivity contribution >= 4 is 17.9 Å². The van der Waals surface area contributed by atoms with E-state index >= 15 is 0 Å². The molecule has 7 nitrogen and oxygen atoms in total. The van der Waals surface area contributed by atoms with Crippen LogP contribution in [0, 0.1) is 0 Å². The highest BCUT2D eigenvalue weighted by Crippen LogP contribution is 2.21. The molecule has 0 bridgehead atoms. The second-order valence-electron chi connectivity index (χ2n) is 5.69. The Kier molecular flexibility index (Phi) is 4.29. The summed E-state index contributed by atoms with van der Waals surface area (Å²) < 4.78 is 4.96. The van der Waals surface area contributed by atoms with Gasteiger partial charge in [-0.15, -0.1) is 0 Å². The first-order valence-electron chi connectivity index (χ1n) is 7.70. The van der Waals surface area contributed by atoms with Gasteiger partial charge in [-0.2, -0.15) is 0 Å². The number of ether oxygens (including phenoxy) is 1. The van der Waals surface area contributed by atoms with E-state index in [1.165, 1.54) is 11.9 Å². The van der Waals surface area contributed by atoms with Crippen LogP contribution in [0.5, 0.6) is 0 Å². The van der Waals surface area contributed by atoms with Gasteiger partial charge in [-0.3, -0.25) is 14.6 Å². The second-order valence-corrected chi connectivity index (χ2v) is 5.69. The summed E-state index contributed by atoms with van der Waals surface area (Å²) in [4.78, 5) is 38.0. The summed E-state index contributed by atoms with van der Waals surface area (Å²) in [6.07, 6.45) is -0.486. The third kappa shape index (κ3) is 3.05. The van der Waals surface area contributed by atoms with Gasteiger partial charge in [0.2, 0.25) is 0 Å². The van der Waals surface area contributed by atoms with Crippen LogP contribution in [0.25, 0.3) is 0 Å². The monoisotopic (exact) mass is 317 g/mol. The molecule has 1 aromatic carbocycles. The minimum absolute atomic E-state index is 0.269. The van der Waals surface area contributed by atoms with Gasteiger partial charge in [-0.05, 0) is 18.9 Å². The van der Waals surface area contributed by atoms with E-state index in [9.17, 15) is 14.4 Å². The van der Waals surface area contributed by atoms with Gasteiger partial charge in [-0.1, -0.05) is 30.3 Å². The molecule has 122 valence electrons. The molecule has 2 atom stereocenters. The van der Waals surface area contributed by atoms with E-state index in [-0.39, 0.29) is 12.3 Å². The first kappa shape index (κ1) is 15.5. The molecule has 1 N–H and O–H groups in total. The first-order chi connectivity index (χ1) is 11.1. The highest BCUT2D eigenvalue weighted by Gasteiger charge is 2.46. The van der Waals surface area contributed by atoms with E-state index in [0.29, 0.717) is 13.1 Å². The number of benzene rings is 1. The van der Waals surface area contributed by atoms with Crippen LogP contribution in [0.15, 0.2) is 30.3 Å². The third-order valence-corrected chi connectivity index (χ3v) is 4.06. The van der Waals surface area contributed by atoms with Crippen LogP contribution in [-0.2, 0) is 20.7 Å². The minimum atomic E-state index is -0.895. The molecule has 0 aromatic heterocycles. The molecule has 2 heterocycles. The Balaban J connectivity index is 1.88. The fourth-order valence-electron chi connectivity index (χ4n) is 2.85. The molecular formula is C16H19N3O4. The van der Waals surface area contributed by atoms with E-state index in [1.54, 1.807) is 0 Å². The number of hydrazine groups is 1. The number of nitrogens with zero attached hydrogens (tertiary/aromatic N) is 2. The van der Waals surface area contributed by atoms with Gasteiger partial charge in [0.25, 0.3) is 11.8 Å². The van der Waals surface area contributed by atoms with Crippen LogP contribution in [0.4, 0.5) is 4.79 Å². The zero-order valence-corrected chi connectivity index (χ0v) is 12.9. The number of cyclic esters (lactones) is 1. The Morgan fingerprint density at radius 1 is 1.35 bits per heavy atom. The van der Waals surface area contributed by atoms with Crippen LogP contribution < -0.4 is 5.43 Å². The molecule has 7 heteroatoms. The smallest absolute Gasteiger partial charge is 0.418 e. The Labute approximate surface area is 134 Å². The standard InChI is InChI=1S/C16H19N3O4/c1-11-14(20)19(16(22)23-11)13(10-12-6-3-2-4-7-12)15(21)18-9-5-8-17-18/h2-4,6-7,11,13,17H,5,8-10H2,1H3/t11-,13+/m1/s1. The number of imide groups is 1. The zero-order valence-electron chi connectivity index (χ0n) is 12.9. The Morgan fingerprint density at radius 2 is 2.09 bits per heavy atom. The largest absolute Gasteiger partial charge is 0.436 e. The average molecular weight is 317 g/mol. The number of hydrogen-bond acceptors (Lipinski definition) is 5. The number of nitrogens with one attached hydrogen (secondary N) is 1. The van der Waals surface area contributed by atoms with Gasteiger partial charge in [0, 0.05) is 19.5 Å². The molecule has 3 rings (SSSR count). The molecule has 2 aliphatic heterocycles. The molecule has 0 radical (unpaired) electrons. The molecule has 2 saturated heterocycles. The van der Waals surface area contributed by atoms with Gasteiger partial charge in [0.15, 0.2) is 6.10 Å². The SMILES string of the molecule is C[C@H]1OC(=O)N([C@@H](Cc2ccccc2)C(=O)N2CCCN2)C1=O. The van der Waals surface area contributed by atoms with E-state index in [2.05, 4.69) is 5.43 Å². The second kappa shape index (κ2) is 6.37. The predicted molar refractivity (Wildman–Crippen MR) is 81.1 cm³/mol. The Hall–Kier alpha value is -2.41. The highest BCUT2D eigenvalue weighted by atomic mass is 16.6. The van der Waals surface area contributed by atoms with Crippen LogP contribution in [0.1, 0.15) is 18.9 Å². The van der Waals surface area contributed by atoms with Crippen LogP contribution in [-0.4, -0.2) is 53.1 Å². The lowest BCUT2D eigenvalue weighted by atomic mass is 10.0. The fraction of sp³-hybridized carbons (Fsp3) is 0.438. The van der Waals surface area contributed by atoms with Crippen molar-refractivity contribution in [2.75, 3.05) is 13.1 Å². The molecule has 2 fully saturated rings. The summed E-state index contributed by atoms with van der Waals surface area (Å²) in [5, 5.41) is 1.48. The van der Waals surface area contributed by atoms with Gasteiger partial charge in [0.05, 0.1) is 0 Å². The molecule has 0 aliphatic carbocycles. The average Bonchev–Trinajstić information content (AvgIpc) is 3.16. The number of amides is 3. The summed E-state index contributed by atoms with van der Waals surface area (Å²) in [6, 6.07) is 8.43. The van der Waals surface area contributed by atoms with Crippen LogP contribution in [0.2, 0.25) is 0 Å². The summed E-state index contributed by atoms with van der Waals surface area (Å²) in [7, 11) is 0. The highest BCUT2D eigenvalue weighted by molar-refractivity contribution is 6.03. The van der Waals surface area contributed by atoms with E-state index in [4.69, 9.17) is 4.74 Å². The molecular weight excluding hydrogens is 298 g/mol. The molecule has 23 heavy (non-hydrogen) atoms. The van der Waals surface area contributed by atoms with Crippen molar-refractivity contribution in [1.29, 1.82) is 0 Å². The quantitative estimate of drug-likeness (QED) is 0.884. The van der Waals surface area contributed by atoms with Crippen molar-refractivity contribution in [3.63, 3.8) is 0 Å². The van der Waals surface area contributed by atoms with E-state index in [0.717, 1.165) is 16.9 Å². The van der Waals surface area contributed by atoms with E-state index in [1.807, 2.05) is 30.3 Å². The van der Waals surface area contributed by atoms with Crippen molar-refractivity contribution in [3.05, 3.63) is 35.9 Å². The number of rotatable bonds is 4.